The first-order chi connectivity index (χ1) is 8.46. The Bertz CT molecular complexity index is 533. The molecular weight excluding hydrogens is 255 g/mol. The molecule has 100 valence electrons. The van der Waals surface area contributed by atoms with Crippen LogP contribution < -0.4 is 5.73 Å². The molecule has 0 saturated carbocycles. The van der Waals surface area contributed by atoms with E-state index in [0.717, 1.165) is 12.5 Å². The third kappa shape index (κ3) is 2.28. The lowest BCUT2D eigenvalue weighted by Crippen LogP contribution is -2.42. The van der Waals surface area contributed by atoms with Gasteiger partial charge in [0.15, 0.2) is 0 Å². The van der Waals surface area contributed by atoms with Crippen molar-refractivity contribution in [3.8, 4) is 0 Å². The highest BCUT2D eigenvalue weighted by Gasteiger charge is 2.38. The Morgan fingerprint density at radius 3 is 2.83 bits per heavy atom. The first-order valence-electron chi connectivity index (χ1n) is 5.94. The number of hydrogen-bond acceptors (Lipinski definition) is 3. The van der Waals surface area contributed by atoms with Crippen LogP contribution in [0.1, 0.15) is 13.3 Å². The van der Waals surface area contributed by atoms with E-state index in [-0.39, 0.29) is 23.4 Å². The van der Waals surface area contributed by atoms with Crippen LogP contribution in [0.3, 0.4) is 0 Å². The number of halogens is 1. The van der Waals surface area contributed by atoms with Crippen molar-refractivity contribution in [3.63, 3.8) is 0 Å². The number of rotatable bonds is 3. The zero-order valence-corrected chi connectivity index (χ0v) is 11.0. The van der Waals surface area contributed by atoms with Gasteiger partial charge in [-0.15, -0.1) is 0 Å². The molecule has 2 atom stereocenters. The zero-order valence-electron chi connectivity index (χ0n) is 10.2. The SMILES string of the molecule is CC1CCN(S(=O)(=O)c2cccc(F)c2)C1CN. The van der Waals surface area contributed by atoms with Crippen molar-refractivity contribution < 1.29 is 12.8 Å². The van der Waals surface area contributed by atoms with Crippen LogP contribution in [0, 0.1) is 11.7 Å². The Kier molecular flexibility index (Phi) is 3.70. The van der Waals surface area contributed by atoms with Crippen molar-refractivity contribution >= 4 is 10.0 Å². The van der Waals surface area contributed by atoms with Crippen LogP contribution in [-0.2, 0) is 10.0 Å². The van der Waals surface area contributed by atoms with Crippen LogP contribution in [0.4, 0.5) is 4.39 Å². The normalized spacial score (nSPS) is 25.5. The number of benzene rings is 1. The summed E-state index contributed by atoms with van der Waals surface area (Å²) in [6, 6.07) is 4.89. The van der Waals surface area contributed by atoms with Gasteiger partial charge in [0.25, 0.3) is 0 Å². The van der Waals surface area contributed by atoms with Crippen molar-refractivity contribution in [2.45, 2.75) is 24.3 Å². The minimum atomic E-state index is -3.64. The topological polar surface area (TPSA) is 63.4 Å². The van der Waals surface area contributed by atoms with Gasteiger partial charge in [-0.2, -0.15) is 4.31 Å². The van der Waals surface area contributed by atoms with E-state index in [1.807, 2.05) is 6.92 Å². The lowest BCUT2D eigenvalue weighted by molar-refractivity contribution is 0.354. The molecule has 2 unspecified atom stereocenters. The van der Waals surface area contributed by atoms with Crippen LogP contribution >= 0.6 is 0 Å². The second kappa shape index (κ2) is 4.95. The first-order valence-corrected chi connectivity index (χ1v) is 7.38. The van der Waals surface area contributed by atoms with Gasteiger partial charge in [-0.1, -0.05) is 13.0 Å². The molecule has 0 aromatic heterocycles. The highest BCUT2D eigenvalue weighted by Crippen LogP contribution is 2.29. The third-order valence-corrected chi connectivity index (χ3v) is 5.40. The summed E-state index contributed by atoms with van der Waals surface area (Å²) in [7, 11) is -3.64. The van der Waals surface area contributed by atoms with Crippen molar-refractivity contribution in [2.75, 3.05) is 13.1 Å². The second-order valence-corrected chi connectivity index (χ2v) is 6.53. The molecule has 0 spiro atoms. The van der Waals surface area contributed by atoms with Crippen LogP contribution in [0.25, 0.3) is 0 Å². The molecule has 2 rings (SSSR count). The van der Waals surface area contributed by atoms with Gasteiger partial charge in [0.05, 0.1) is 4.90 Å². The molecule has 0 amide bonds. The quantitative estimate of drug-likeness (QED) is 0.898. The Hall–Kier alpha value is -0.980. The summed E-state index contributed by atoms with van der Waals surface area (Å²) in [5.74, 6) is -0.314. The van der Waals surface area contributed by atoms with Gasteiger partial charge in [-0.05, 0) is 30.5 Å². The summed E-state index contributed by atoms with van der Waals surface area (Å²) in [5, 5.41) is 0. The third-order valence-electron chi connectivity index (χ3n) is 3.48. The summed E-state index contributed by atoms with van der Waals surface area (Å²) in [6.07, 6.45) is 0.788. The molecule has 0 radical (unpaired) electrons. The van der Waals surface area contributed by atoms with Gasteiger partial charge in [0, 0.05) is 19.1 Å². The van der Waals surface area contributed by atoms with E-state index < -0.39 is 15.8 Å². The van der Waals surface area contributed by atoms with Crippen molar-refractivity contribution in [2.24, 2.45) is 11.7 Å². The molecule has 0 bridgehead atoms. The van der Waals surface area contributed by atoms with E-state index >= 15 is 0 Å². The Balaban J connectivity index is 2.37. The van der Waals surface area contributed by atoms with E-state index in [9.17, 15) is 12.8 Å². The van der Waals surface area contributed by atoms with Gasteiger partial charge in [0.2, 0.25) is 10.0 Å². The molecule has 18 heavy (non-hydrogen) atoms. The van der Waals surface area contributed by atoms with Gasteiger partial charge >= 0.3 is 0 Å². The molecule has 1 saturated heterocycles. The molecule has 6 heteroatoms. The minimum absolute atomic E-state index is 0.00458. The van der Waals surface area contributed by atoms with Crippen LogP contribution in [0.2, 0.25) is 0 Å². The zero-order chi connectivity index (χ0) is 13.3. The van der Waals surface area contributed by atoms with E-state index in [1.54, 1.807) is 0 Å². The standard InChI is InChI=1S/C12H17FN2O2S/c1-9-5-6-15(12(9)8-14)18(16,17)11-4-2-3-10(13)7-11/h2-4,7,9,12H,5-6,8,14H2,1H3. The summed E-state index contributed by atoms with van der Waals surface area (Å²) in [6.45, 7) is 2.72. The molecule has 1 aromatic carbocycles. The van der Waals surface area contributed by atoms with Crippen molar-refractivity contribution in [1.82, 2.24) is 4.31 Å². The molecule has 1 aromatic rings. The van der Waals surface area contributed by atoms with Gasteiger partial charge < -0.3 is 5.73 Å². The number of sulfonamides is 1. The number of nitrogens with zero attached hydrogens (tertiary/aromatic N) is 1. The van der Waals surface area contributed by atoms with Crippen LogP contribution in [0.15, 0.2) is 29.2 Å². The maximum absolute atomic E-state index is 13.1. The highest BCUT2D eigenvalue weighted by atomic mass is 32.2. The summed E-state index contributed by atoms with van der Waals surface area (Å²) < 4.78 is 39.3. The average molecular weight is 272 g/mol. The van der Waals surface area contributed by atoms with Gasteiger partial charge in [-0.25, -0.2) is 12.8 Å². The maximum Gasteiger partial charge on any atom is 0.243 e. The summed E-state index contributed by atoms with van der Waals surface area (Å²) in [5.41, 5.74) is 5.64. The monoisotopic (exact) mass is 272 g/mol. The van der Waals surface area contributed by atoms with Gasteiger partial charge in [0.1, 0.15) is 5.82 Å². The lowest BCUT2D eigenvalue weighted by Gasteiger charge is -2.25. The molecular formula is C12H17FN2O2S. The first kappa shape index (κ1) is 13.5. The highest BCUT2D eigenvalue weighted by molar-refractivity contribution is 7.89. The molecule has 1 aliphatic heterocycles. The Labute approximate surface area is 107 Å². The smallest absolute Gasteiger partial charge is 0.243 e. The Morgan fingerprint density at radius 2 is 2.22 bits per heavy atom. The fraction of sp³-hybridized carbons (Fsp3) is 0.500. The summed E-state index contributed by atoms with van der Waals surface area (Å²) >= 11 is 0. The van der Waals surface area contributed by atoms with E-state index in [0.29, 0.717) is 6.54 Å². The number of hydrogen-bond donors (Lipinski definition) is 1. The van der Waals surface area contributed by atoms with Crippen molar-refractivity contribution in [3.05, 3.63) is 30.1 Å². The maximum atomic E-state index is 13.1. The average Bonchev–Trinajstić information content (AvgIpc) is 2.71. The van der Waals surface area contributed by atoms with Crippen LogP contribution in [0.5, 0.6) is 0 Å². The molecule has 0 aliphatic carbocycles. The predicted molar refractivity (Wildman–Crippen MR) is 66.9 cm³/mol. The Morgan fingerprint density at radius 1 is 1.50 bits per heavy atom. The second-order valence-electron chi connectivity index (χ2n) is 4.64. The molecule has 1 heterocycles. The van der Waals surface area contributed by atoms with Crippen LogP contribution in [-0.4, -0.2) is 31.9 Å². The fourth-order valence-corrected chi connectivity index (χ4v) is 4.16. The van der Waals surface area contributed by atoms with Crippen molar-refractivity contribution in [1.29, 1.82) is 0 Å². The largest absolute Gasteiger partial charge is 0.329 e. The lowest BCUT2D eigenvalue weighted by atomic mass is 10.0. The summed E-state index contributed by atoms with van der Waals surface area (Å²) in [4.78, 5) is -0.00458. The van der Waals surface area contributed by atoms with Gasteiger partial charge in [-0.3, -0.25) is 0 Å². The minimum Gasteiger partial charge on any atom is -0.329 e. The molecule has 4 nitrogen and oxygen atoms in total. The molecule has 1 aliphatic rings. The molecule has 2 N–H and O–H groups in total. The van der Waals surface area contributed by atoms with E-state index in [1.165, 1.54) is 22.5 Å². The molecule has 1 fully saturated rings. The predicted octanol–water partition coefficient (Wildman–Crippen LogP) is 1.18. The number of nitrogens with two attached hydrogens (primary N) is 1. The fourth-order valence-electron chi connectivity index (χ4n) is 2.38. The van der Waals surface area contributed by atoms with E-state index in [2.05, 4.69) is 0 Å². The van der Waals surface area contributed by atoms with E-state index in [4.69, 9.17) is 5.73 Å².